The summed E-state index contributed by atoms with van der Waals surface area (Å²) >= 11 is 3.65. The molecule has 0 aliphatic rings. The van der Waals surface area contributed by atoms with Gasteiger partial charge in [0.05, 0.1) is 14.2 Å². The van der Waals surface area contributed by atoms with E-state index in [2.05, 4.69) is 17.5 Å². The van der Waals surface area contributed by atoms with Crippen molar-refractivity contribution in [3.05, 3.63) is 71.5 Å². The number of thiol groups is 1. The van der Waals surface area contributed by atoms with Crippen molar-refractivity contribution in [1.29, 1.82) is 0 Å². The monoisotopic (exact) mass is 513 g/mol. The second-order valence-electron chi connectivity index (χ2n) is 7.34. The Morgan fingerprint density at radius 3 is 2.22 bits per heavy atom. The molecule has 9 nitrogen and oxygen atoms in total. The average Bonchev–Trinajstić information content (AvgIpc) is 2.87. The average molecular weight is 514 g/mol. The topological polar surface area (TPSA) is 131 Å². The van der Waals surface area contributed by atoms with Crippen molar-refractivity contribution in [3.8, 4) is 23.0 Å². The third-order valence-corrected chi connectivity index (χ3v) is 4.95. The molecule has 10 heteroatoms. The molecule has 0 atom stereocenters. The Kier molecular flexibility index (Phi) is 11.1. The van der Waals surface area contributed by atoms with Crippen LogP contribution in [0.3, 0.4) is 0 Å². The number of phenolic OH excluding ortho intramolecular Hbond substituents is 1. The summed E-state index contributed by atoms with van der Waals surface area (Å²) in [5, 5.41) is 19.7. The molecule has 190 valence electrons. The lowest BCUT2D eigenvalue weighted by Crippen LogP contribution is -2.14. The number of ketones is 1. The van der Waals surface area contributed by atoms with Gasteiger partial charge in [0, 0.05) is 18.9 Å². The van der Waals surface area contributed by atoms with Crippen LogP contribution in [0.5, 0.6) is 23.0 Å². The minimum absolute atomic E-state index is 0.0122. The van der Waals surface area contributed by atoms with Crippen LogP contribution in [-0.4, -0.2) is 42.1 Å². The second kappa shape index (κ2) is 14.3. The summed E-state index contributed by atoms with van der Waals surface area (Å²) in [6.45, 7) is 0. The number of aliphatic hydroxyl groups excluding tert-OH is 1. The number of ether oxygens (including phenoxy) is 3. The third-order valence-electron chi connectivity index (χ3n) is 4.70. The number of rotatable bonds is 12. The fourth-order valence-electron chi connectivity index (χ4n) is 2.89. The van der Waals surface area contributed by atoms with Crippen LogP contribution < -0.4 is 18.9 Å². The summed E-state index contributed by atoms with van der Waals surface area (Å²) in [5.74, 6) is -0.741. The normalized spacial score (nSPS) is 11.5. The highest BCUT2D eigenvalue weighted by Crippen LogP contribution is 2.29. The number of aromatic hydroxyl groups is 1. The van der Waals surface area contributed by atoms with Crippen LogP contribution in [0.1, 0.15) is 30.4 Å². The number of hydrogen-bond donors (Lipinski definition) is 4. The molecule has 0 aliphatic carbocycles. The molecule has 0 heterocycles. The van der Waals surface area contributed by atoms with Crippen LogP contribution in [0.2, 0.25) is 0 Å². The fourth-order valence-corrected chi connectivity index (χ4v) is 3.01. The van der Waals surface area contributed by atoms with Gasteiger partial charge in [-0.3, -0.25) is 14.4 Å². The first-order valence-corrected chi connectivity index (χ1v) is 11.2. The van der Waals surface area contributed by atoms with E-state index in [1.807, 2.05) is 0 Å². The maximum Gasteiger partial charge on any atom is 0.311 e. The fraction of sp³-hybridized carbons (Fsp3) is 0.192. The van der Waals surface area contributed by atoms with E-state index in [1.54, 1.807) is 30.3 Å². The quantitative estimate of drug-likeness (QED) is 0.0830. The van der Waals surface area contributed by atoms with Crippen molar-refractivity contribution in [2.75, 3.05) is 14.2 Å². The number of esters is 1. The Morgan fingerprint density at radius 2 is 1.56 bits per heavy atom. The van der Waals surface area contributed by atoms with Gasteiger partial charge in [-0.25, -0.2) is 0 Å². The molecule has 0 saturated heterocycles. The maximum atomic E-state index is 12.1. The zero-order valence-electron chi connectivity index (χ0n) is 19.8. The molecule has 1 amide bonds. The molecule has 0 saturated carbocycles. The highest BCUT2D eigenvalue weighted by molar-refractivity contribution is 7.78. The molecule has 0 spiro atoms. The van der Waals surface area contributed by atoms with Gasteiger partial charge < -0.3 is 29.1 Å². The Balaban J connectivity index is 1.99. The van der Waals surface area contributed by atoms with Gasteiger partial charge in [0.2, 0.25) is 5.91 Å². The van der Waals surface area contributed by atoms with E-state index in [0.717, 1.165) is 6.08 Å². The van der Waals surface area contributed by atoms with Crippen molar-refractivity contribution in [1.82, 2.24) is 4.72 Å². The molecule has 2 rings (SSSR count). The molecule has 3 N–H and O–H groups in total. The Labute approximate surface area is 214 Å². The summed E-state index contributed by atoms with van der Waals surface area (Å²) in [4.78, 5) is 35.3. The molecule has 0 radical (unpaired) electrons. The largest absolute Gasteiger partial charge is 0.508 e. The van der Waals surface area contributed by atoms with Gasteiger partial charge in [-0.2, -0.15) is 0 Å². The maximum absolute atomic E-state index is 12.1. The Bertz CT molecular complexity index is 1190. The van der Waals surface area contributed by atoms with E-state index in [-0.39, 0.29) is 41.8 Å². The van der Waals surface area contributed by atoms with Crippen LogP contribution in [0, 0.1) is 0 Å². The van der Waals surface area contributed by atoms with Crippen LogP contribution in [0.15, 0.2) is 60.4 Å². The van der Waals surface area contributed by atoms with Crippen LogP contribution >= 0.6 is 12.8 Å². The number of hydrogen-bond acceptors (Lipinski definition) is 9. The number of nitrogens with one attached hydrogen (secondary N) is 1. The van der Waals surface area contributed by atoms with Gasteiger partial charge in [-0.05, 0) is 54.0 Å². The molecule has 36 heavy (non-hydrogen) atoms. The summed E-state index contributed by atoms with van der Waals surface area (Å²) in [6, 6.07) is 9.41. The van der Waals surface area contributed by atoms with E-state index in [0.29, 0.717) is 23.3 Å². The van der Waals surface area contributed by atoms with Gasteiger partial charge in [0.15, 0.2) is 28.8 Å². The first-order chi connectivity index (χ1) is 17.2. The van der Waals surface area contributed by atoms with Crippen LogP contribution in [-0.2, 0) is 14.4 Å². The number of allylic oxidation sites excluding steroid dienone is 3. The standard InChI is InChI=1S/C26H27NO8S/c1-33-23-14-17(8-12-21(23)30)6-10-19(28)16-20(29)11-7-18-9-13-22(24(15-18)34-2)35-26(32)5-3-4-25(31)27-36/h6-16,29-30,36H,3-5H2,1-2H3,(H,27,31)/b10-6+,11-7+,20-16?. The lowest BCUT2D eigenvalue weighted by atomic mass is 10.1. The Morgan fingerprint density at radius 1 is 0.917 bits per heavy atom. The Hall–Kier alpha value is -4.18. The first-order valence-electron chi connectivity index (χ1n) is 10.7. The van der Waals surface area contributed by atoms with Crippen molar-refractivity contribution in [3.63, 3.8) is 0 Å². The predicted molar refractivity (Wildman–Crippen MR) is 138 cm³/mol. The molecule has 0 unspecified atom stereocenters. The number of phenols is 1. The smallest absolute Gasteiger partial charge is 0.311 e. The molecule has 0 aliphatic heterocycles. The lowest BCUT2D eigenvalue weighted by molar-refractivity contribution is -0.134. The van der Waals surface area contributed by atoms with E-state index in [1.165, 1.54) is 44.6 Å². The second-order valence-corrected chi connectivity index (χ2v) is 7.57. The minimum Gasteiger partial charge on any atom is -0.508 e. The molecule has 2 aromatic carbocycles. The van der Waals surface area contributed by atoms with Crippen molar-refractivity contribution < 1.29 is 38.8 Å². The van der Waals surface area contributed by atoms with Gasteiger partial charge >= 0.3 is 5.97 Å². The van der Waals surface area contributed by atoms with Crippen LogP contribution in [0.4, 0.5) is 0 Å². The van der Waals surface area contributed by atoms with E-state index in [9.17, 15) is 24.6 Å². The molecule has 0 fully saturated rings. The highest BCUT2D eigenvalue weighted by atomic mass is 32.1. The number of aliphatic hydroxyl groups is 1. The minimum atomic E-state index is -0.513. The zero-order valence-corrected chi connectivity index (χ0v) is 20.7. The van der Waals surface area contributed by atoms with Gasteiger partial charge in [-0.1, -0.05) is 37.1 Å². The van der Waals surface area contributed by atoms with Crippen molar-refractivity contribution in [2.45, 2.75) is 19.3 Å². The number of carbonyl (C=O) groups excluding carboxylic acids is 3. The molecule has 0 bridgehead atoms. The van der Waals surface area contributed by atoms with E-state index < -0.39 is 11.8 Å². The number of benzene rings is 2. The van der Waals surface area contributed by atoms with Crippen molar-refractivity contribution >= 4 is 42.6 Å². The molecule has 2 aromatic rings. The summed E-state index contributed by atoms with van der Waals surface area (Å²) in [6.07, 6.45) is 7.25. The number of methoxy groups -OCH3 is 2. The van der Waals surface area contributed by atoms with Gasteiger partial charge in [0.1, 0.15) is 5.76 Å². The van der Waals surface area contributed by atoms with Gasteiger partial charge in [-0.15, -0.1) is 0 Å². The van der Waals surface area contributed by atoms with Crippen molar-refractivity contribution in [2.24, 2.45) is 0 Å². The first kappa shape index (κ1) is 28.1. The molecular formula is C26H27NO8S. The predicted octanol–water partition coefficient (Wildman–Crippen LogP) is 4.18. The summed E-state index contributed by atoms with van der Waals surface area (Å²) < 4.78 is 17.8. The SMILES string of the molecule is COc1cc(/C=C/C(=O)C=C(O)/C=C/c2ccc(OC(=O)CCCC(=O)NS)c(OC)c2)ccc1O. The highest BCUT2D eigenvalue weighted by Gasteiger charge is 2.11. The van der Waals surface area contributed by atoms with E-state index in [4.69, 9.17) is 14.2 Å². The summed E-state index contributed by atoms with van der Waals surface area (Å²) in [5.41, 5.74) is 1.26. The molecular weight excluding hydrogens is 486 g/mol. The van der Waals surface area contributed by atoms with E-state index >= 15 is 0 Å². The zero-order chi connectivity index (χ0) is 26.5. The third kappa shape index (κ3) is 9.22. The van der Waals surface area contributed by atoms with Crippen LogP contribution in [0.25, 0.3) is 12.2 Å². The lowest BCUT2D eigenvalue weighted by Gasteiger charge is -2.10. The number of carbonyl (C=O) groups is 3. The molecule has 0 aromatic heterocycles. The van der Waals surface area contributed by atoms with Gasteiger partial charge in [0.25, 0.3) is 0 Å². The number of amides is 1. The summed E-state index contributed by atoms with van der Waals surface area (Å²) in [7, 11) is 2.84.